The summed E-state index contributed by atoms with van der Waals surface area (Å²) < 4.78 is 0.883. The van der Waals surface area contributed by atoms with Crippen molar-refractivity contribution in [2.45, 2.75) is 0 Å². The van der Waals surface area contributed by atoms with Crippen molar-refractivity contribution in [2.75, 3.05) is 5.73 Å². The SMILES string of the molecule is N#Cc1c(-c2cc(Br)cs2)cc(-c2ccccc2[N+](=O)[O-])nc1N. The number of nitrogens with two attached hydrogens (primary N) is 1. The van der Waals surface area contributed by atoms with Gasteiger partial charge in [-0.3, -0.25) is 10.1 Å². The molecule has 0 saturated carbocycles. The van der Waals surface area contributed by atoms with Crippen molar-refractivity contribution < 1.29 is 4.92 Å². The van der Waals surface area contributed by atoms with Crippen LogP contribution in [0.25, 0.3) is 21.7 Å². The van der Waals surface area contributed by atoms with Gasteiger partial charge in [0.05, 0.1) is 16.2 Å². The van der Waals surface area contributed by atoms with E-state index in [1.165, 1.54) is 17.4 Å². The molecule has 0 spiro atoms. The van der Waals surface area contributed by atoms with E-state index >= 15 is 0 Å². The van der Waals surface area contributed by atoms with Gasteiger partial charge < -0.3 is 5.73 Å². The van der Waals surface area contributed by atoms with Crippen molar-refractivity contribution in [1.29, 1.82) is 5.26 Å². The maximum Gasteiger partial charge on any atom is 0.278 e. The Morgan fingerprint density at radius 2 is 2.04 bits per heavy atom. The molecular weight excluding hydrogens is 392 g/mol. The minimum Gasteiger partial charge on any atom is -0.383 e. The van der Waals surface area contributed by atoms with E-state index in [9.17, 15) is 15.4 Å². The molecule has 0 atom stereocenters. The van der Waals surface area contributed by atoms with Crippen molar-refractivity contribution in [3.63, 3.8) is 0 Å². The zero-order chi connectivity index (χ0) is 17.3. The van der Waals surface area contributed by atoms with Crippen molar-refractivity contribution in [3.8, 4) is 27.8 Å². The molecule has 118 valence electrons. The standard InChI is InChI=1S/C16H9BrN4O2S/c17-9-5-15(24-8-9)11-6-13(20-16(19)12(11)7-18)10-3-1-2-4-14(10)21(22)23/h1-6,8H,(H2,19,20). The van der Waals surface area contributed by atoms with Crippen LogP contribution in [0.4, 0.5) is 11.5 Å². The second-order valence-corrected chi connectivity index (χ2v) is 6.66. The number of anilines is 1. The number of aromatic nitrogens is 1. The van der Waals surface area contributed by atoms with Gasteiger partial charge in [-0.25, -0.2) is 4.98 Å². The van der Waals surface area contributed by atoms with Gasteiger partial charge in [-0.1, -0.05) is 12.1 Å². The smallest absolute Gasteiger partial charge is 0.278 e. The van der Waals surface area contributed by atoms with Gasteiger partial charge in [0, 0.05) is 26.4 Å². The number of nitriles is 1. The first-order valence-electron chi connectivity index (χ1n) is 6.70. The molecule has 8 heteroatoms. The fraction of sp³-hybridized carbons (Fsp3) is 0. The summed E-state index contributed by atoms with van der Waals surface area (Å²) in [5, 5.41) is 22.5. The zero-order valence-electron chi connectivity index (χ0n) is 12.1. The Hall–Kier alpha value is -2.76. The highest BCUT2D eigenvalue weighted by atomic mass is 79.9. The first-order valence-corrected chi connectivity index (χ1v) is 8.37. The Morgan fingerprint density at radius 3 is 2.67 bits per heavy atom. The van der Waals surface area contributed by atoms with Crippen molar-refractivity contribution in [1.82, 2.24) is 4.98 Å². The van der Waals surface area contributed by atoms with Crippen LogP contribution in [-0.2, 0) is 0 Å². The molecule has 0 aliphatic carbocycles. The van der Waals surface area contributed by atoms with Crippen LogP contribution in [0.2, 0.25) is 0 Å². The second kappa shape index (κ2) is 6.39. The van der Waals surface area contributed by atoms with Gasteiger partial charge in [0.1, 0.15) is 17.5 Å². The Morgan fingerprint density at radius 1 is 1.29 bits per heavy atom. The number of nitrogen functional groups attached to an aromatic ring is 1. The third-order valence-corrected chi connectivity index (χ3v) is 5.09. The Balaban J connectivity index is 2.27. The molecule has 3 rings (SSSR count). The molecule has 0 aliphatic rings. The van der Waals surface area contributed by atoms with Gasteiger partial charge in [0.15, 0.2) is 0 Å². The first-order chi connectivity index (χ1) is 11.5. The van der Waals surface area contributed by atoms with Crippen molar-refractivity contribution in [2.24, 2.45) is 0 Å². The van der Waals surface area contributed by atoms with Crippen LogP contribution in [0.5, 0.6) is 0 Å². The largest absolute Gasteiger partial charge is 0.383 e. The number of rotatable bonds is 3. The maximum atomic E-state index is 11.3. The molecule has 0 amide bonds. The minimum atomic E-state index is -0.465. The van der Waals surface area contributed by atoms with Crippen LogP contribution in [0, 0.1) is 21.4 Å². The van der Waals surface area contributed by atoms with Crippen LogP contribution in [0.3, 0.4) is 0 Å². The summed E-state index contributed by atoms with van der Waals surface area (Å²) in [5.41, 5.74) is 7.45. The van der Waals surface area contributed by atoms with E-state index in [0.717, 1.165) is 9.35 Å². The lowest BCUT2D eigenvalue weighted by Gasteiger charge is -2.09. The highest BCUT2D eigenvalue weighted by molar-refractivity contribution is 9.10. The fourth-order valence-corrected chi connectivity index (χ4v) is 3.77. The van der Waals surface area contributed by atoms with E-state index in [-0.39, 0.29) is 17.1 Å². The number of thiophene rings is 1. The molecule has 2 heterocycles. The van der Waals surface area contributed by atoms with Crippen LogP contribution >= 0.6 is 27.3 Å². The van der Waals surface area contributed by atoms with Gasteiger partial charge >= 0.3 is 0 Å². The predicted octanol–water partition coefficient (Wildman–Crippen LogP) is 4.60. The number of halogens is 1. The molecule has 2 aromatic heterocycles. The van der Waals surface area contributed by atoms with E-state index in [4.69, 9.17) is 5.73 Å². The zero-order valence-corrected chi connectivity index (χ0v) is 14.5. The molecule has 0 fully saturated rings. The summed E-state index contributed by atoms with van der Waals surface area (Å²) in [5.74, 6) is 0.0488. The lowest BCUT2D eigenvalue weighted by atomic mass is 10.0. The third-order valence-electron chi connectivity index (χ3n) is 3.37. The molecule has 0 saturated heterocycles. The molecule has 3 aromatic rings. The minimum absolute atomic E-state index is 0.0488. The van der Waals surface area contributed by atoms with E-state index < -0.39 is 4.92 Å². The topological polar surface area (TPSA) is 106 Å². The monoisotopic (exact) mass is 400 g/mol. The number of hydrogen-bond acceptors (Lipinski definition) is 6. The maximum absolute atomic E-state index is 11.3. The van der Waals surface area contributed by atoms with Crippen LogP contribution < -0.4 is 5.73 Å². The lowest BCUT2D eigenvalue weighted by molar-refractivity contribution is -0.384. The molecular formula is C16H9BrN4O2S. The molecule has 0 radical (unpaired) electrons. The van der Waals surface area contributed by atoms with E-state index in [2.05, 4.69) is 27.0 Å². The van der Waals surface area contributed by atoms with Crippen molar-refractivity contribution in [3.05, 3.63) is 61.9 Å². The molecule has 0 bridgehead atoms. The number of nitrogens with zero attached hydrogens (tertiary/aromatic N) is 3. The molecule has 0 aliphatic heterocycles. The summed E-state index contributed by atoms with van der Waals surface area (Å²) >= 11 is 4.82. The predicted molar refractivity (Wildman–Crippen MR) is 96.5 cm³/mol. The van der Waals surface area contributed by atoms with Gasteiger partial charge in [0.25, 0.3) is 5.69 Å². The lowest BCUT2D eigenvalue weighted by Crippen LogP contribution is -2.00. The van der Waals surface area contributed by atoms with Crippen LogP contribution in [0.1, 0.15) is 5.56 Å². The number of benzene rings is 1. The Bertz CT molecular complexity index is 994. The number of pyridine rings is 1. The molecule has 1 aromatic carbocycles. The highest BCUT2D eigenvalue weighted by Crippen LogP contribution is 2.37. The summed E-state index contributed by atoms with van der Waals surface area (Å²) in [6, 6.07) is 11.9. The number of nitro benzene ring substituents is 1. The molecule has 2 N–H and O–H groups in total. The van der Waals surface area contributed by atoms with Gasteiger partial charge in [-0.05, 0) is 34.1 Å². The van der Waals surface area contributed by atoms with Crippen LogP contribution in [-0.4, -0.2) is 9.91 Å². The summed E-state index contributed by atoms with van der Waals surface area (Å²) in [4.78, 5) is 15.8. The Kier molecular flexibility index (Phi) is 4.29. The second-order valence-electron chi connectivity index (χ2n) is 4.83. The van der Waals surface area contributed by atoms with Gasteiger partial charge in [-0.15, -0.1) is 11.3 Å². The normalized spacial score (nSPS) is 10.3. The average Bonchev–Trinajstić information content (AvgIpc) is 3.00. The average molecular weight is 401 g/mol. The Labute approximate surface area is 149 Å². The number of para-hydroxylation sites is 1. The van der Waals surface area contributed by atoms with E-state index in [1.807, 2.05) is 11.4 Å². The van der Waals surface area contributed by atoms with E-state index in [0.29, 0.717) is 16.8 Å². The van der Waals surface area contributed by atoms with Crippen molar-refractivity contribution >= 4 is 38.8 Å². The third kappa shape index (κ3) is 2.87. The number of hydrogen-bond donors (Lipinski definition) is 1. The summed E-state index contributed by atoms with van der Waals surface area (Å²) in [6.07, 6.45) is 0. The first kappa shape index (κ1) is 16.1. The quantitative estimate of drug-likeness (QED) is 0.510. The summed E-state index contributed by atoms with van der Waals surface area (Å²) in [7, 11) is 0. The molecule has 6 nitrogen and oxygen atoms in total. The van der Waals surface area contributed by atoms with Gasteiger partial charge in [0.2, 0.25) is 0 Å². The van der Waals surface area contributed by atoms with Gasteiger partial charge in [-0.2, -0.15) is 5.26 Å². The van der Waals surface area contributed by atoms with E-state index in [1.54, 1.807) is 24.3 Å². The highest BCUT2D eigenvalue weighted by Gasteiger charge is 2.20. The fourth-order valence-electron chi connectivity index (χ4n) is 2.32. The molecule has 24 heavy (non-hydrogen) atoms. The number of nitro groups is 1. The summed E-state index contributed by atoms with van der Waals surface area (Å²) in [6.45, 7) is 0. The molecule has 0 unspecified atom stereocenters. The van der Waals surface area contributed by atoms with Crippen LogP contribution in [0.15, 0.2) is 46.3 Å².